The van der Waals surface area contributed by atoms with Crippen LogP contribution in [0.2, 0.25) is 0 Å². The number of hydrogen-bond donors (Lipinski definition) is 1. The maximum Gasteiger partial charge on any atom is 0.261 e. The van der Waals surface area contributed by atoms with E-state index in [2.05, 4.69) is 20.8 Å². The molecule has 3 aromatic rings. The van der Waals surface area contributed by atoms with Gasteiger partial charge in [-0.05, 0) is 40.1 Å². The second kappa shape index (κ2) is 5.80. The number of tetrazole rings is 1. The van der Waals surface area contributed by atoms with Crippen molar-refractivity contribution in [1.82, 2.24) is 25.5 Å². The van der Waals surface area contributed by atoms with E-state index in [9.17, 15) is 9.18 Å². The summed E-state index contributed by atoms with van der Waals surface area (Å²) < 4.78 is 14.6. The fraction of sp³-hybridized carbons (Fsp3) is 0.0769. The zero-order valence-electron chi connectivity index (χ0n) is 10.7. The van der Waals surface area contributed by atoms with E-state index in [1.807, 2.05) is 5.38 Å². The van der Waals surface area contributed by atoms with Crippen molar-refractivity contribution in [3.63, 3.8) is 0 Å². The first-order chi connectivity index (χ1) is 10.2. The van der Waals surface area contributed by atoms with Crippen LogP contribution in [0.5, 0.6) is 0 Å². The number of carbonyl (C=O) groups excluding carboxylic acids is 1. The summed E-state index contributed by atoms with van der Waals surface area (Å²) in [5.41, 5.74) is 0.500. The highest BCUT2D eigenvalue weighted by atomic mass is 32.1. The quantitative estimate of drug-likeness (QED) is 0.797. The van der Waals surface area contributed by atoms with E-state index in [4.69, 9.17) is 0 Å². The van der Waals surface area contributed by atoms with Gasteiger partial charge in [0.05, 0.1) is 17.1 Å². The van der Waals surface area contributed by atoms with Gasteiger partial charge in [-0.1, -0.05) is 12.1 Å². The molecule has 0 radical (unpaired) electrons. The molecule has 0 saturated carbocycles. The maximum atomic E-state index is 13.2. The molecule has 0 atom stereocenters. The largest absolute Gasteiger partial charge is 0.344 e. The summed E-state index contributed by atoms with van der Waals surface area (Å²) in [4.78, 5) is 12.5. The lowest BCUT2D eigenvalue weighted by Crippen LogP contribution is -2.24. The summed E-state index contributed by atoms with van der Waals surface area (Å²) in [6.07, 6.45) is 0. The number of nitrogens with zero attached hydrogens (tertiary/aromatic N) is 4. The van der Waals surface area contributed by atoms with Gasteiger partial charge in [-0.2, -0.15) is 4.68 Å². The van der Waals surface area contributed by atoms with E-state index in [-0.39, 0.29) is 18.3 Å². The SMILES string of the molecule is O=C(NCc1nnnn1-c1cccc(F)c1)c1cccs1. The molecule has 1 amide bonds. The van der Waals surface area contributed by atoms with Crippen molar-refractivity contribution < 1.29 is 9.18 Å². The molecule has 2 aromatic heterocycles. The van der Waals surface area contributed by atoms with Gasteiger partial charge in [0.15, 0.2) is 5.82 Å². The Hall–Kier alpha value is -2.61. The van der Waals surface area contributed by atoms with Gasteiger partial charge in [-0.15, -0.1) is 16.4 Å². The molecule has 0 fully saturated rings. The first-order valence-electron chi connectivity index (χ1n) is 6.09. The molecule has 0 saturated heterocycles. The Bertz CT molecular complexity index is 756. The van der Waals surface area contributed by atoms with Crippen LogP contribution in [0, 0.1) is 5.82 Å². The summed E-state index contributed by atoms with van der Waals surface area (Å²) in [7, 11) is 0. The lowest BCUT2D eigenvalue weighted by Gasteiger charge is -2.05. The molecular weight excluding hydrogens is 293 g/mol. The van der Waals surface area contributed by atoms with Crippen LogP contribution in [0.1, 0.15) is 15.5 Å². The van der Waals surface area contributed by atoms with Crippen molar-refractivity contribution >= 4 is 17.2 Å². The first-order valence-corrected chi connectivity index (χ1v) is 6.97. The third-order valence-electron chi connectivity index (χ3n) is 2.74. The smallest absolute Gasteiger partial charge is 0.261 e. The number of carbonyl (C=O) groups is 1. The van der Waals surface area contributed by atoms with Crippen molar-refractivity contribution in [2.75, 3.05) is 0 Å². The van der Waals surface area contributed by atoms with E-state index in [1.54, 1.807) is 24.3 Å². The number of halogens is 1. The molecule has 0 bridgehead atoms. The first kappa shape index (κ1) is 13.4. The summed E-state index contributed by atoms with van der Waals surface area (Å²) in [6, 6.07) is 9.45. The van der Waals surface area contributed by atoms with Crippen LogP contribution in [0.3, 0.4) is 0 Å². The normalized spacial score (nSPS) is 10.5. The van der Waals surface area contributed by atoms with E-state index in [0.29, 0.717) is 16.4 Å². The summed E-state index contributed by atoms with van der Waals surface area (Å²) >= 11 is 1.35. The van der Waals surface area contributed by atoms with Gasteiger partial charge in [0.2, 0.25) is 0 Å². The molecule has 0 spiro atoms. The summed E-state index contributed by atoms with van der Waals surface area (Å²) in [6.45, 7) is 0.153. The van der Waals surface area contributed by atoms with Crippen molar-refractivity contribution in [1.29, 1.82) is 0 Å². The van der Waals surface area contributed by atoms with Crippen LogP contribution in [-0.2, 0) is 6.54 Å². The zero-order chi connectivity index (χ0) is 14.7. The second-order valence-corrected chi connectivity index (χ2v) is 5.09. The molecule has 106 valence electrons. The third kappa shape index (κ3) is 2.95. The molecule has 0 aliphatic rings. The standard InChI is InChI=1S/C13H10FN5OS/c14-9-3-1-4-10(7-9)19-12(16-17-18-19)8-15-13(20)11-5-2-6-21-11/h1-7H,8H2,(H,15,20). The van der Waals surface area contributed by atoms with Gasteiger partial charge in [0, 0.05) is 0 Å². The fourth-order valence-electron chi connectivity index (χ4n) is 1.78. The predicted molar refractivity (Wildman–Crippen MR) is 74.6 cm³/mol. The Labute approximate surface area is 123 Å². The average molecular weight is 303 g/mol. The van der Waals surface area contributed by atoms with Gasteiger partial charge in [-0.25, -0.2) is 4.39 Å². The molecule has 6 nitrogen and oxygen atoms in total. The van der Waals surface area contributed by atoms with Gasteiger partial charge in [0.25, 0.3) is 5.91 Å². The molecule has 0 aliphatic carbocycles. The molecular formula is C13H10FN5OS. The monoisotopic (exact) mass is 303 g/mol. The van der Waals surface area contributed by atoms with E-state index < -0.39 is 0 Å². The molecule has 0 unspecified atom stereocenters. The molecule has 3 rings (SSSR count). The van der Waals surface area contributed by atoms with Crippen LogP contribution in [0.15, 0.2) is 41.8 Å². The Balaban J connectivity index is 1.76. The molecule has 8 heteroatoms. The van der Waals surface area contributed by atoms with E-state index >= 15 is 0 Å². The minimum absolute atomic E-state index is 0.153. The van der Waals surface area contributed by atoms with E-state index in [0.717, 1.165) is 0 Å². The topological polar surface area (TPSA) is 72.7 Å². The maximum absolute atomic E-state index is 13.2. The highest BCUT2D eigenvalue weighted by Gasteiger charge is 2.11. The third-order valence-corrected chi connectivity index (χ3v) is 3.61. The summed E-state index contributed by atoms with van der Waals surface area (Å²) in [5, 5.41) is 15.8. The minimum atomic E-state index is -0.378. The van der Waals surface area contributed by atoms with Gasteiger partial charge >= 0.3 is 0 Å². The Morgan fingerprint density at radius 3 is 3.00 bits per heavy atom. The number of nitrogens with one attached hydrogen (secondary N) is 1. The lowest BCUT2D eigenvalue weighted by molar-refractivity contribution is 0.0953. The number of thiophene rings is 1. The molecule has 21 heavy (non-hydrogen) atoms. The van der Waals surface area contributed by atoms with Crippen molar-refractivity contribution in [2.45, 2.75) is 6.54 Å². The number of amides is 1. The molecule has 1 aromatic carbocycles. The van der Waals surface area contributed by atoms with Crippen LogP contribution < -0.4 is 5.32 Å². The highest BCUT2D eigenvalue weighted by molar-refractivity contribution is 7.12. The Morgan fingerprint density at radius 1 is 1.33 bits per heavy atom. The van der Waals surface area contributed by atoms with Crippen LogP contribution in [-0.4, -0.2) is 26.1 Å². The number of rotatable bonds is 4. The average Bonchev–Trinajstić information content (AvgIpc) is 3.16. The van der Waals surface area contributed by atoms with Crippen LogP contribution in [0.25, 0.3) is 5.69 Å². The van der Waals surface area contributed by atoms with Gasteiger partial charge in [0.1, 0.15) is 5.82 Å². The lowest BCUT2D eigenvalue weighted by atomic mass is 10.3. The number of benzene rings is 1. The Kier molecular flexibility index (Phi) is 3.69. The van der Waals surface area contributed by atoms with Gasteiger partial charge < -0.3 is 5.32 Å². The van der Waals surface area contributed by atoms with Gasteiger partial charge in [-0.3, -0.25) is 4.79 Å². The minimum Gasteiger partial charge on any atom is -0.344 e. The highest BCUT2D eigenvalue weighted by Crippen LogP contribution is 2.11. The fourth-order valence-corrected chi connectivity index (χ4v) is 2.42. The predicted octanol–water partition coefficient (Wildman–Crippen LogP) is 1.79. The van der Waals surface area contributed by atoms with Crippen molar-refractivity contribution in [3.8, 4) is 5.69 Å². The Morgan fingerprint density at radius 2 is 2.24 bits per heavy atom. The van der Waals surface area contributed by atoms with Crippen LogP contribution >= 0.6 is 11.3 Å². The van der Waals surface area contributed by atoms with E-state index in [1.165, 1.54) is 28.2 Å². The molecule has 2 heterocycles. The molecule has 0 aliphatic heterocycles. The molecule has 1 N–H and O–H groups in total. The number of aromatic nitrogens is 4. The van der Waals surface area contributed by atoms with Crippen molar-refractivity contribution in [3.05, 3.63) is 58.3 Å². The summed E-state index contributed by atoms with van der Waals surface area (Å²) in [5.74, 6) is -0.152. The zero-order valence-corrected chi connectivity index (χ0v) is 11.5. The van der Waals surface area contributed by atoms with Crippen molar-refractivity contribution in [2.24, 2.45) is 0 Å². The second-order valence-electron chi connectivity index (χ2n) is 4.15. The van der Waals surface area contributed by atoms with Crippen LogP contribution in [0.4, 0.5) is 4.39 Å². The number of hydrogen-bond acceptors (Lipinski definition) is 5.